The van der Waals surface area contributed by atoms with E-state index in [0.717, 1.165) is 41.9 Å². The number of carbonyl (C=O) groups is 1. The smallest absolute Gasteiger partial charge is 0.227 e. The summed E-state index contributed by atoms with van der Waals surface area (Å²) in [6, 6.07) is 6.12. The zero-order valence-electron chi connectivity index (χ0n) is 16.0. The maximum Gasteiger partial charge on any atom is 0.227 e. The maximum absolute atomic E-state index is 12.5. The molecule has 2 heterocycles. The maximum atomic E-state index is 12.5. The second-order valence-corrected chi connectivity index (χ2v) is 7.00. The highest BCUT2D eigenvalue weighted by molar-refractivity contribution is 5.93. The van der Waals surface area contributed by atoms with Crippen molar-refractivity contribution in [1.29, 1.82) is 0 Å². The van der Waals surface area contributed by atoms with E-state index in [1.807, 2.05) is 33.0 Å². The van der Waals surface area contributed by atoms with Crippen LogP contribution in [0.25, 0.3) is 5.57 Å². The lowest BCUT2D eigenvalue weighted by Gasteiger charge is -2.20. The average Bonchev–Trinajstić information content (AvgIpc) is 3.10. The Morgan fingerprint density at radius 1 is 1.35 bits per heavy atom. The Morgan fingerprint density at radius 2 is 2.15 bits per heavy atom. The predicted molar refractivity (Wildman–Crippen MR) is 102 cm³/mol. The molecule has 26 heavy (non-hydrogen) atoms. The van der Waals surface area contributed by atoms with Crippen molar-refractivity contribution in [2.24, 2.45) is 0 Å². The number of aryl methyl sites for hydroxylation is 3. The molecule has 3 rings (SSSR count). The van der Waals surface area contributed by atoms with Gasteiger partial charge in [-0.15, -0.1) is 0 Å². The number of nitrogens with zero attached hydrogens (tertiary/aromatic N) is 4. The molecule has 0 unspecified atom stereocenters. The zero-order chi connectivity index (χ0) is 18.7. The van der Waals surface area contributed by atoms with Crippen molar-refractivity contribution in [2.45, 2.75) is 33.1 Å². The van der Waals surface area contributed by atoms with Crippen LogP contribution in [0, 0.1) is 13.8 Å². The molecular weight excluding hydrogens is 328 g/mol. The Labute approximate surface area is 154 Å². The van der Waals surface area contributed by atoms with Crippen LogP contribution in [-0.2, 0) is 11.2 Å². The van der Waals surface area contributed by atoms with Crippen molar-refractivity contribution >= 4 is 17.2 Å². The van der Waals surface area contributed by atoms with Gasteiger partial charge in [0, 0.05) is 38.7 Å². The first-order valence-corrected chi connectivity index (χ1v) is 8.98. The molecular formula is C20H26N4O2. The van der Waals surface area contributed by atoms with Crippen molar-refractivity contribution in [3.05, 3.63) is 47.1 Å². The highest BCUT2D eigenvalue weighted by Gasteiger charge is 2.18. The van der Waals surface area contributed by atoms with Gasteiger partial charge in [0.15, 0.2) is 5.82 Å². The number of rotatable bonds is 5. The number of hydrogen-bond donors (Lipinski definition) is 0. The molecule has 6 heteroatoms. The Hall–Kier alpha value is -2.47. The Morgan fingerprint density at radius 3 is 2.88 bits per heavy atom. The van der Waals surface area contributed by atoms with E-state index in [2.05, 4.69) is 34.2 Å². The second-order valence-electron chi connectivity index (χ2n) is 7.00. The minimum Gasteiger partial charge on any atom is -0.339 e. The number of hydrogen-bond acceptors (Lipinski definition) is 5. The quantitative estimate of drug-likeness (QED) is 0.826. The highest BCUT2D eigenvalue weighted by Crippen LogP contribution is 2.22. The first kappa shape index (κ1) is 18.3. The summed E-state index contributed by atoms with van der Waals surface area (Å²) in [5.74, 6) is 1.21. The summed E-state index contributed by atoms with van der Waals surface area (Å²) in [5.41, 5.74) is 4.29. The van der Waals surface area contributed by atoms with Gasteiger partial charge in [0.25, 0.3) is 0 Å². The molecule has 2 aromatic rings. The number of benzene rings is 1. The third-order valence-corrected chi connectivity index (χ3v) is 4.82. The summed E-state index contributed by atoms with van der Waals surface area (Å²) in [6.07, 6.45) is 3.85. The molecule has 0 spiro atoms. The van der Waals surface area contributed by atoms with Crippen LogP contribution in [0.3, 0.4) is 0 Å². The molecule has 0 bridgehead atoms. The van der Waals surface area contributed by atoms with Crippen molar-refractivity contribution in [1.82, 2.24) is 15.0 Å². The fourth-order valence-electron chi connectivity index (χ4n) is 3.06. The molecule has 1 aliphatic heterocycles. The van der Waals surface area contributed by atoms with Crippen LogP contribution >= 0.6 is 0 Å². The van der Waals surface area contributed by atoms with Gasteiger partial charge < -0.3 is 14.3 Å². The number of aromatic nitrogens is 2. The van der Waals surface area contributed by atoms with E-state index < -0.39 is 0 Å². The molecule has 1 aromatic carbocycles. The van der Waals surface area contributed by atoms with Gasteiger partial charge in [0.05, 0.1) is 0 Å². The van der Waals surface area contributed by atoms with Crippen LogP contribution in [-0.4, -0.2) is 48.1 Å². The predicted octanol–water partition coefficient (Wildman–Crippen LogP) is 3.00. The van der Waals surface area contributed by atoms with E-state index in [9.17, 15) is 4.79 Å². The second kappa shape index (κ2) is 7.83. The molecule has 138 valence electrons. The standard InChI is InChI=1S/C20H26N4O2/c1-14-5-6-15(2)17(13-14)24(4)19(25)8-7-18-21-20(22-26-18)16-9-11-23(3)12-10-16/h5-6,9,13H,7-8,10-12H2,1-4H3. The lowest BCUT2D eigenvalue weighted by molar-refractivity contribution is -0.118. The third-order valence-electron chi connectivity index (χ3n) is 4.82. The first-order valence-electron chi connectivity index (χ1n) is 8.98. The fraction of sp³-hybridized carbons (Fsp3) is 0.450. The topological polar surface area (TPSA) is 62.5 Å². The summed E-state index contributed by atoms with van der Waals surface area (Å²) >= 11 is 0. The molecule has 0 radical (unpaired) electrons. The van der Waals surface area contributed by atoms with E-state index in [0.29, 0.717) is 24.6 Å². The van der Waals surface area contributed by atoms with E-state index in [1.54, 1.807) is 4.90 Å². The summed E-state index contributed by atoms with van der Waals surface area (Å²) in [7, 11) is 3.90. The Bertz CT molecular complexity index is 825. The lowest BCUT2D eigenvalue weighted by Crippen LogP contribution is -2.27. The van der Waals surface area contributed by atoms with Crippen LogP contribution in [0.4, 0.5) is 5.69 Å². The molecule has 0 saturated heterocycles. The average molecular weight is 354 g/mol. The van der Waals surface area contributed by atoms with Crippen LogP contribution in [0.5, 0.6) is 0 Å². The summed E-state index contributed by atoms with van der Waals surface area (Å²) in [4.78, 5) is 21.0. The van der Waals surface area contributed by atoms with E-state index in [4.69, 9.17) is 4.52 Å². The first-order chi connectivity index (χ1) is 12.4. The number of anilines is 1. The minimum atomic E-state index is 0.0388. The van der Waals surface area contributed by atoms with Gasteiger partial charge >= 0.3 is 0 Å². The molecule has 0 atom stereocenters. The Balaban J connectivity index is 1.60. The van der Waals surface area contributed by atoms with Gasteiger partial charge in [-0.05, 0) is 50.1 Å². The number of likely N-dealkylation sites (N-methyl/N-ethyl adjacent to an activating group) is 1. The molecule has 0 saturated carbocycles. The van der Waals surface area contributed by atoms with E-state index in [1.165, 1.54) is 0 Å². The van der Waals surface area contributed by atoms with Crippen LogP contribution in [0.1, 0.15) is 35.7 Å². The van der Waals surface area contributed by atoms with Gasteiger partial charge in [-0.3, -0.25) is 4.79 Å². The third kappa shape index (κ3) is 4.19. The molecule has 0 fully saturated rings. The fourth-order valence-corrected chi connectivity index (χ4v) is 3.06. The summed E-state index contributed by atoms with van der Waals surface area (Å²) < 4.78 is 5.34. The van der Waals surface area contributed by atoms with Crippen LogP contribution in [0.15, 0.2) is 28.8 Å². The highest BCUT2D eigenvalue weighted by atomic mass is 16.5. The molecule has 0 N–H and O–H groups in total. The van der Waals surface area contributed by atoms with Gasteiger partial charge in [0.1, 0.15) is 0 Å². The largest absolute Gasteiger partial charge is 0.339 e. The zero-order valence-corrected chi connectivity index (χ0v) is 16.0. The Kier molecular flexibility index (Phi) is 5.52. The summed E-state index contributed by atoms with van der Waals surface area (Å²) in [5, 5.41) is 4.07. The summed E-state index contributed by atoms with van der Waals surface area (Å²) in [6.45, 7) is 5.93. The van der Waals surface area contributed by atoms with Crippen molar-refractivity contribution in [3.63, 3.8) is 0 Å². The van der Waals surface area contributed by atoms with E-state index in [-0.39, 0.29) is 5.91 Å². The molecule has 1 aromatic heterocycles. The van der Waals surface area contributed by atoms with Crippen molar-refractivity contribution in [2.75, 3.05) is 32.1 Å². The van der Waals surface area contributed by atoms with Gasteiger partial charge in [-0.25, -0.2) is 0 Å². The van der Waals surface area contributed by atoms with Crippen molar-refractivity contribution in [3.8, 4) is 0 Å². The normalized spacial score (nSPS) is 15.0. The van der Waals surface area contributed by atoms with Crippen LogP contribution in [0.2, 0.25) is 0 Å². The van der Waals surface area contributed by atoms with Gasteiger partial charge in [-0.2, -0.15) is 4.98 Å². The van der Waals surface area contributed by atoms with Crippen LogP contribution < -0.4 is 4.90 Å². The molecule has 0 aliphatic carbocycles. The minimum absolute atomic E-state index is 0.0388. The van der Waals surface area contributed by atoms with Crippen molar-refractivity contribution < 1.29 is 9.32 Å². The lowest BCUT2D eigenvalue weighted by atomic mass is 10.1. The van der Waals surface area contributed by atoms with E-state index >= 15 is 0 Å². The number of carbonyl (C=O) groups excluding carboxylic acids is 1. The van der Waals surface area contributed by atoms with Gasteiger partial charge in [0.2, 0.25) is 11.8 Å². The monoisotopic (exact) mass is 354 g/mol. The SMILES string of the molecule is Cc1ccc(C)c(N(C)C(=O)CCc2nc(C3=CCN(C)CC3)no2)c1. The molecule has 1 amide bonds. The molecule has 1 aliphatic rings. The number of amides is 1. The molecule has 6 nitrogen and oxygen atoms in total. The van der Waals surface area contributed by atoms with Gasteiger partial charge in [-0.1, -0.05) is 23.4 Å².